The van der Waals surface area contributed by atoms with E-state index in [9.17, 15) is 9.90 Å². The highest BCUT2D eigenvalue weighted by Gasteiger charge is 2.23. The van der Waals surface area contributed by atoms with Gasteiger partial charge in [-0.05, 0) is 37.7 Å². The second-order valence-electron chi connectivity index (χ2n) is 8.08. The van der Waals surface area contributed by atoms with Gasteiger partial charge in [0, 0.05) is 23.3 Å². The van der Waals surface area contributed by atoms with Crippen LogP contribution in [0.15, 0.2) is 36.9 Å². The molecule has 1 amide bonds. The van der Waals surface area contributed by atoms with Crippen LogP contribution in [0.3, 0.4) is 0 Å². The molecule has 1 aliphatic rings. The van der Waals surface area contributed by atoms with Crippen molar-refractivity contribution in [2.75, 3.05) is 32.1 Å². The number of aromatic amines is 1. The molecule has 0 spiro atoms. The van der Waals surface area contributed by atoms with Gasteiger partial charge in [-0.25, -0.2) is 9.97 Å². The third-order valence-electron chi connectivity index (χ3n) is 5.68. The van der Waals surface area contributed by atoms with Crippen molar-refractivity contribution in [3.8, 4) is 17.0 Å². The topological polar surface area (TPSA) is 134 Å². The number of rotatable bonds is 8. The smallest absolute Gasteiger partial charge is 0.278 e. The van der Waals surface area contributed by atoms with Gasteiger partial charge in [0.25, 0.3) is 5.91 Å². The lowest BCUT2D eigenvalue weighted by Gasteiger charge is -2.32. The van der Waals surface area contributed by atoms with Crippen molar-refractivity contribution >= 4 is 34.2 Å². The van der Waals surface area contributed by atoms with Crippen molar-refractivity contribution in [2.24, 2.45) is 0 Å². The Morgan fingerprint density at radius 1 is 1.35 bits per heavy atom. The van der Waals surface area contributed by atoms with Crippen molar-refractivity contribution in [1.29, 1.82) is 0 Å². The van der Waals surface area contributed by atoms with E-state index in [1.165, 1.54) is 6.33 Å². The van der Waals surface area contributed by atoms with Gasteiger partial charge in [-0.3, -0.25) is 14.6 Å². The van der Waals surface area contributed by atoms with Gasteiger partial charge >= 0.3 is 0 Å². The molecule has 1 saturated heterocycles. The first-order valence-corrected chi connectivity index (χ1v) is 11.2. The van der Waals surface area contributed by atoms with Crippen LogP contribution in [-0.2, 0) is 6.54 Å². The van der Waals surface area contributed by atoms with E-state index >= 15 is 0 Å². The first-order chi connectivity index (χ1) is 16.5. The van der Waals surface area contributed by atoms with E-state index in [1.807, 2.05) is 0 Å². The summed E-state index contributed by atoms with van der Waals surface area (Å²) >= 11 is 6.25. The zero-order chi connectivity index (χ0) is 23.7. The molecule has 1 aliphatic heterocycles. The summed E-state index contributed by atoms with van der Waals surface area (Å²) in [6.07, 6.45) is 5.12. The number of halogens is 1. The molecule has 1 atom stereocenters. The number of methoxy groups -OCH3 is 1. The van der Waals surface area contributed by atoms with Gasteiger partial charge in [-0.2, -0.15) is 10.2 Å². The molecule has 0 unspecified atom stereocenters. The maximum atomic E-state index is 13.1. The second kappa shape index (κ2) is 9.37. The Bertz CT molecular complexity index is 1330. The monoisotopic (exact) mass is 482 g/mol. The van der Waals surface area contributed by atoms with Gasteiger partial charge in [0.1, 0.15) is 28.8 Å². The number of aromatic nitrogens is 6. The molecule has 4 aromatic rings. The molecule has 176 valence electrons. The molecule has 3 aromatic heterocycles. The molecule has 11 nitrogen and oxygen atoms in total. The van der Waals surface area contributed by atoms with Gasteiger partial charge < -0.3 is 20.1 Å². The molecule has 0 radical (unpaired) electrons. The lowest BCUT2D eigenvalue weighted by Crippen LogP contribution is -2.43. The minimum atomic E-state index is -0.607. The molecule has 1 fully saturated rings. The van der Waals surface area contributed by atoms with Crippen molar-refractivity contribution in [2.45, 2.75) is 19.1 Å². The average Bonchev–Trinajstić information content (AvgIpc) is 3.40. The highest BCUT2D eigenvalue weighted by atomic mass is 35.5. The number of aliphatic hydroxyl groups excluding tert-OH is 1. The number of carbonyl (C=O) groups is 1. The predicted octanol–water partition coefficient (Wildman–Crippen LogP) is 2.20. The van der Waals surface area contributed by atoms with Crippen molar-refractivity contribution < 1.29 is 14.6 Å². The number of likely N-dealkylation sites (tertiary alicyclic amines) is 1. The molecule has 12 heteroatoms. The number of hydrogen-bond acceptors (Lipinski definition) is 8. The average molecular weight is 483 g/mol. The SMILES string of the molecule is COc1ccc(Cl)cc1-c1nn(C[C@@H](O)CN2CCC2)cc1NC(=O)c1n[nH]c2cncnc12. The summed E-state index contributed by atoms with van der Waals surface area (Å²) in [6.45, 7) is 2.81. The predicted molar refractivity (Wildman–Crippen MR) is 126 cm³/mol. The van der Waals surface area contributed by atoms with E-state index in [4.69, 9.17) is 16.3 Å². The van der Waals surface area contributed by atoms with E-state index in [0.29, 0.717) is 45.3 Å². The molecule has 0 bridgehead atoms. The Hall–Kier alpha value is -3.54. The second-order valence-corrected chi connectivity index (χ2v) is 8.51. The van der Waals surface area contributed by atoms with E-state index in [-0.39, 0.29) is 12.2 Å². The third-order valence-corrected chi connectivity index (χ3v) is 5.92. The lowest BCUT2D eigenvalue weighted by molar-refractivity contribution is 0.0662. The fourth-order valence-corrected chi connectivity index (χ4v) is 4.09. The van der Waals surface area contributed by atoms with Crippen LogP contribution in [-0.4, -0.2) is 78.7 Å². The Morgan fingerprint density at radius 2 is 2.21 bits per heavy atom. The summed E-state index contributed by atoms with van der Waals surface area (Å²) < 4.78 is 7.11. The largest absolute Gasteiger partial charge is 0.496 e. The Balaban J connectivity index is 1.48. The van der Waals surface area contributed by atoms with Crippen LogP contribution in [0.2, 0.25) is 5.02 Å². The normalized spacial score (nSPS) is 14.7. The molecular weight excluding hydrogens is 460 g/mol. The number of benzene rings is 1. The number of anilines is 1. The number of nitrogens with one attached hydrogen (secondary N) is 2. The number of fused-ring (bicyclic) bond motifs is 1. The number of carbonyl (C=O) groups excluding carboxylic acids is 1. The van der Waals surface area contributed by atoms with Crippen molar-refractivity contribution in [1.82, 2.24) is 34.8 Å². The van der Waals surface area contributed by atoms with Crippen LogP contribution >= 0.6 is 11.6 Å². The summed E-state index contributed by atoms with van der Waals surface area (Å²) in [4.78, 5) is 23.4. The molecule has 34 heavy (non-hydrogen) atoms. The Kier molecular flexibility index (Phi) is 6.14. The van der Waals surface area contributed by atoms with Crippen LogP contribution in [0.4, 0.5) is 5.69 Å². The number of nitrogens with zero attached hydrogens (tertiary/aromatic N) is 6. The number of hydrogen-bond donors (Lipinski definition) is 3. The minimum absolute atomic E-state index is 0.131. The molecular formula is C22H23ClN8O3. The van der Waals surface area contributed by atoms with Crippen LogP contribution in [0, 0.1) is 0 Å². The quantitative estimate of drug-likeness (QED) is 0.348. The maximum Gasteiger partial charge on any atom is 0.278 e. The third kappa shape index (κ3) is 4.45. The number of β-amino-alcohol motifs (C(OH)–C–C–N with tert-alkyl or cyclic N) is 1. The minimum Gasteiger partial charge on any atom is -0.496 e. The van der Waals surface area contributed by atoms with Gasteiger partial charge in [0.05, 0.1) is 31.6 Å². The first kappa shape index (κ1) is 22.3. The van der Waals surface area contributed by atoms with E-state index in [2.05, 4.69) is 35.5 Å². The highest BCUT2D eigenvalue weighted by Crippen LogP contribution is 2.36. The Labute approximate surface area is 199 Å². The molecule has 3 N–H and O–H groups in total. The van der Waals surface area contributed by atoms with E-state index in [1.54, 1.807) is 42.4 Å². The standard InChI is InChI=1S/C22H23ClN8O3/c1-34-18-4-3-13(23)7-15(18)19-17(11-31(29-19)10-14(32)9-30-5-2-6-30)26-22(33)21-20-16(27-28-21)8-24-12-25-20/h3-4,7-8,11-12,14,32H,2,5-6,9-10H2,1H3,(H,26,33)(H,27,28)/t14-/m0/s1. The molecule has 5 rings (SSSR count). The van der Waals surface area contributed by atoms with Crippen LogP contribution in [0.5, 0.6) is 5.75 Å². The van der Waals surface area contributed by atoms with Crippen LogP contribution in [0.1, 0.15) is 16.9 Å². The number of aliphatic hydroxyl groups is 1. The molecule has 4 heterocycles. The molecule has 1 aromatic carbocycles. The fourth-order valence-electron chi connectivity index (χ4n) is 3.92. The molecule has 0 saturated carbocycles. The van der Waals surface area contributed by atoms with Crippen LogP contribution < -0.4 is 10.1 Å². The summed E-state index contributed by atoms with van der Waals surface area (Å²) in [5.41, 5.74) is 2.58. The van der Waals surface area contributed by atoms with Crippen LogP contribution in [0.25, 0.3) is 22.3 Å². The van der Waals surface area contributed by atoms with Crippen molar-refractivity contribution in [3.63, 3.8) is 0 Å². The number of H-pyrrole nitrogens is 1. The highest BCUT2D eigenvalue weighted by molar-refractivity contribution is 6.31. The zero-order valence-electron chi connectivity index (χ0n) is 18.4. The summed E-state index contributed by atoms with van der Waals surface area (Å²) in [7, 11) is 1.55. The first-order valence-electron chi connectivity index (χ1n) is 10.8. The number of amides is 1. The van der Waals surface area contributed by atoms with Gasteiger partial charge in [0.2, 0.25) is 0 Å². The fraction of sp³-hybridized carbons (Fsp3) is 0.318. The van der Waals surface area contributed by atoms with E-state index < -0.39 is 12.0 Å². The van der Waals surface area contributed by atoms with Gasteiger partial charge in [-0.1, -0.05) is 11.6 Å². The summed E-state index contributed by atoms with van der Waals surface area (Å²) in [5, 5.41) is 25.4. The van der Waals surface area contributed by atoms with Gasteiger partial charge in [-0.15, -0.1) is 0 Å². The molecule has 0 aliphatic carbocycles. The number of ether oxygens (including phenoxy) is 1. The van der Waals surface area contributed by atoms with Gasteiger partial charge in [0.15, 0.2) is 5.69 Å². The maximum absolute atomic E-state index is 13.1. The van der Waals surface area contributed by atoms with E-state index in [0.717, 1.165) is 19.5 Å². The summed E-state index contributed by atoms with van der Waals surface area (Å²) in [6, 6.07) is 5.17. The Morgan fingerprint density at radius 3 is 2.97 bits per heavy atom. The van der Waals surface area contributed by atoms with Crippen molar-refractivity contribution in [3.05, 3.63) is 47.6 Å². The summed E-state index contributed by atoms with van der Waals surface area (Å²) in [5.74, 6) is 0.0807. The zero-order valence-corrected chi connectivity index (χ0v) is 19.2. The lowest BCUT2D eigenvalue weighted by atomic mass is 10.1.